The van der Waals surface area contributed by atoms with Crippen LogP contribution in [0.2, 0.25) is 10.0 Å². The van der Waals surface area contributed by atoms with Crippen molar-refractivity contribution in [3.05, 3.63) is 79.0 Å². The highest BCUT2D eigenvalue weighted by molar-refractivity contribution is 9.10. The Morgan fingerprint density at radius 3 is 2.33 bits per heavy atom. The summed E-state index contributed by atoms with van der Waals surface area (Å²) in [6.45, 7) is 8.63. The Morgan fingerprint density at radius 1 is 1.03 bits per heavy atom. The van der Waals surface area contributed by atoms with Gasteiger partial charge in [0.2, 0.25) is 0 Å². The zero-order chi connectivity index (χ0) is 21.6. The molecule has 0 bridgehead atoms. The van der Waals surface area contributed by atoms with Gasteiger partial charge in [0.15, 0.2) is 0 Å². The molecule has 0 aliphatic carbocycles. The van der Waals surface area contributed by atoms with Crippen molar-refractivity contribution in [2.45, 2.75) is 32.7 Å². The van der Waals surface area contributed by atoms with Crippen molar-refractivity contribution in [3.63, 3.8) is 0 Å². The number of pyridine rings is 1. The third-order valence-corrected chi connectivity index (χ3v) is 6.92. The van der Waals surface area contributed by atoms with Crippen LogP contribution in [-0.2, 0) is 0 Å². The van der Waals surface area contributed by atoms with Crippen LogP contribution in [0.1, 0.15) is 32.8 Å². The summed E-state index contributed by atoms with van der Waals surface area (Å²) >= 11 is 16.6. The van der Waals surface area contributed by atoms with Gasteiger partial charge in [-0.3, -0.25) is 14.3 Å². The van der Waals surface area contributed by atoms with E-state index in [4.69, 9.17) is 23.2 Å². The van der Waals surface area contributed by atoms with E-state index in [9.17, 15) is 4.79 Å². The molecule has 0 fully saturated rings. The molecule has 30 heavy (non-hydrogen) atoms. The van der Waals surface area contributed by atoms with E-state index >= 15 is 0 Å². The van der Waals surface area contributed by atoms with Crippen LogP contribution in [0.5, 0.6) is 0 Å². The molecular weight excluding hydrogens is 483 g/mol. The van der Waals surface area contributed by atoms with Crippen LogP contribution in [0.15, 0.2) is 57.8 Å². The van der Waals surface area contributed by atoms with Gasteiger partial charge in [-0.15, -0.1) is 0 Å². The second kappa shape index (κ2) is 8.16. The van der Waals surface area contributed by atoms with Crippen LogP contribution >= 0.6 is 39.1 Å². The van der Waals surface area contributed by atoms with Gasteiger partial charge in [0.25, 0.3) is 5.56 Å². The predicted molar refractivity (Wildman–Crippen MR) is 131 cm³/mol. The molecule has 2 heterocycles. The molecule has 0 atom stereocenters. The fourth-order valence-electron chi connectivity index (χ4n) is 3.96. The van der Waals surface area contributed by atoms with E-state index in [0.29, 0.717) is 15.7 Å². The molecule has 0 saturated heterocycles. The number of aromatic nitrogens is 1. The minimum atomic E-state index is -0.168. The third-order valence-electron chi connectivity index (χ3n) is 5.65. The van der Waals surface area contributed by atoms with Gasteiger partial charge in [-0.2, -0.15) is 0 Å². The molecule has 1 aliphatic heterocycles. The van der Waals surface area contributed by atoms with E-state index in [1.165, 1.54) is 5.57 Å². The standard InChI is InChI=1S/C24H23BrCl2N2O/c1-24(2,3)28-11-9-15(10-12-28)16-13-18(25)17-7-8-22(30)29(21(17)14-16)23-19(26)5-4-6-20(23)27/h4-9,13-14H,10-12H2,1-3H3. The topological polar surface area (TPSA) is 25.2 Å². The molecule has 0 N–H and O–H groups in total. The summed E-state index contributed by atoms with van der Waals surface area (Å²) in [6, 6.07) is 12.9. The molecule has 3 nitrogen and oxygen atoms in total. The minimum Gasteiger partial charge on any atom is -0.294 e. The van der Waals surface area contributed by atoms with Crippen molar-refractivity contribution in [1.82, 2.24) is 9.47 Å². The lowest BCUT2D eigenvalue weighted by molar-refractivity contribution is 0.153. The van der Waals surface area contributed by atoms with Gasteiger partial charge in [-0.25, -0.2) is 0 Å². The van der Waals surface area contributed by atoms with Crippen LogP contribution in [0.4, 0.5) is 0 Å². The van der Waals surface area contributed by atoms with Crippen LogP contribution < -0.4 is 5.56 Å². The molecule has 2 aromatic carbocycles. The van der Waals surface area contributed by atoms with Gasteiger partial charge in [0.1, 0.15) is 0 Å². The van der Waals surface area contributed by atoms with E-state index in [1.54, 1.807) is 28.8 Å². The second-order valence-corrected chi connectivity index (χ2v) is 10.2. The van der Waals surface area contributed by atoms with E-state index < -0.39 is 0 Å². The molecule has 1 aliphatic rings. The number of benzene rings is 2. The average Bonchev–Trinajstić information content (AvgIpc) is 2.68. The smallest absolute Gasteiger partial charge is 0.255 e. The summed E-state index contributed by atoms with van der Waals surface area (Å²) in [6.07, 6.45) is 3.25. The molecule has 0 spiro atoms. The Kier molecular flexibility index (Phi) is 5.88. The normalized spacial score (nSPS) is 15.5. The number of nitrogens with zero attached hydrogens (tertiary/aromatic N) is 2. The van der Waals surface area contributed by atoms with E-state index in [1.807, 2.05) is 6.07 Å². The van der Waals surface area contributed by atoms with Crippen LogP contribution in [0.3, 0.4) is 0 Å². The monoisotopic (exact) mass is 504 g/mol. The molecule has 6 heteroatoms. The SMILES string of the molecule is CC(C)(C)N1CC=C(c2cc(Br)c3ccc(=O)n(-c4c(Cl)cccc4Cl)c3c2)CC1. The maximum atomic E-state index is 12.9. The summed E-state index contributed by atoms with van der Waals surface area (Å²) in [4.78, 5) is 15.4. The number of fused-ring (bicyclic) bond motifs is 1. The van der Waals surface area contributed by atoms with Gasteiger partial charge in [-0.1, -0.05) is 51.3 Å². The first-order chi connectivity index (χ1) is 14.2. The molecule has 0 radical (unpaired) electrons. The lowest BCUT2D eigenvalue weighted by Gasteiger charge is -2.37. The quantitative estimate of drug-likeness (QED) is 0.376. The molecule has 1 aromatic heterocycles. The molecule has 156 valence electrons. The van der Waals surface area contributed by atoms with Crippen molar-refractivity contribution >= 4 is 55.6 Å². The van der Waals surface area contributed by atoms with E-state index in [2.05, 4.69) is 59.8 Å². The van der Waals surface area contributed by atoms with Crippen molar-refractivity contribution in [1.29, 1.82) is 0 Å². The average molecular weight is 506 g/mol. The van der Waals surface area contributed by atoms with Gasteiger partial charge in [0, 0.05) is 34.6 Å². The fourth-order valence-corrected chi connectivity index (χ4v) is 5.11. The Hall–Kier alpha value is -1.59. The molecule has 3 aromatic rings. The Morgan fingerprint density at radius 2 is 1.73 bits per heavy atom. The van der Waals surface area contributed by atoms with Crippen molar-refractivity contribution < 1.29 is 0 Å². The fraction of sp³-hybridized carbons (Fsp3) is 0.292. The first-order valence-electron chi connectivity index (χ1n) is 9.91. The first kappa shape index (κ1) is 21.6. The lowest BCUT2D eigenvalue weighted by Crippen LogP contribution is -2.43. The minimum absolute atomic E-state index is 0.146. The Labute approximate surface area is 195 Å². The van der Waals surface area contributed by atoms with E-state index in [-0.39, 0.29) is 11.1 Å². The summed E-state index contributed by atoms with van der Waals surface area (Å²) in [5.41, 5.74) is 3.65. The maximum Gasteiger partial charge on any atom is 0.255 e. The zero-order valence-corrected chi connectivity index (χ0v) is 20.3. The molecule has 0 unspecified atom stereocenters. The molecular formula is C24H23BrCl2N2O. The number of halogens is 3. The first-order valence-corrected chi connectivity index (χ1v) is 11.5. The Balaban J connectivity index is 1.90. The summed E-state index contributed by atoms with van der Waals surface area (Å²) in [5.74, 6) is 0. The molecule has 0 amide bonds. The highest BCUT2D eigenvalue weighted by Gasteiger charge is 2.24. The Bertz CT molecular complexity index is 1200. The highest BCUT2D eigenvalue weighted by atomic mass is 79.9. The second-order valence-electron chi connectivity index (χ2n) is 8.56. The summed E-state index contributed by atoms with van der Waals surface area (Å²) in [7, 11) is 0. The van der Waals surface area contributed by atoms with Gasteiger partial charge >= 0.3 is 0 Å². The van der Waals surface area contributed by atoms with Crippen LogP contribution in [0.25, 0.3) is 22.2 Å². The number of hydrogen-bond donors (Lipinski definition) is 0. The number of rotatable bonds is 2. The maximum absolute atomic E-state index is 12.9. The van der Waals surface area contributed by atoms with Gasteiger partial charge in [0.05, 0.1) is 21.2 Å². The summed E-state index contributed by atoms with van der Waals surface area (Å²) in [5, 5.41) is 1.81. The largest absolute Gasteiger partial charge is 0.294 e. The van der Waals surface area contributed by atoms with Gasteiger partial charge in [-0.05, 0) is 68.7 Å². The lowest BCUT2D eigenvalue weighted by atomic mass is 9.95. The highest BCUT2D eigenvalue weighted by Crippen LogP contribution is 2.35. The van der Waals surface area contributed by atoms with Crippen LogP contribution in [-0.4, -0.2) is 28.1 Å². The van der Waals surface area contributed by atoms with Crippen molar-refractivity contribution in [2.24, 2.45) is 0 Å². The molecule has 4 rings (SSSR count). The summed E-state index contributed by atoms with van der Waals surface area (Å²) < 4.78 is 2.55. The third kappa shape index (κ3) is 3.99. The zero-order valence-electron chi connectivity index (χ0n) is 17.2. The van der Waals surface area contributed by atoms with Crippen molar-refractivity contribution in [2.75, 3.05) is 13.1 Å². The van der Waals surface area contributed by atoms with Crippen molar-refractivity contribution in [3.8, 4) is 5.69 Å². The van der Waals surface area contributed by atoms with E-state index in [0.717, 1.165) is 40.4 Å². The predicted octanol–water partition coefficient (Wildman–Crippen LogP) is 6.95. The number of para-hydroxylation sites is 1. The van der Waals surface area contributed by atoms with Gasteiger partial charge < -0.3 is 0 Å². The van der Waals surface area contributed by atoms with Crippen LogP contribution in [0, 0.1) is 0 Å². The number of hydrogen-bond acceptors (Lipinski definition) is 2. The molecule has 0 saturated carbocycles.